The summed E-state index contributed by atoms with van der Waals surface area (Å²) in [6.07, 6.45) is 1.09. The maximum atomic E-state index is 12.8. The summed E-state index contributed by atoms with van der Waals surface area (Å²) in [4.78, 5) is 2.26. The molecular formula is C15H15FN2. The van der Waals surface area contributed by atoms with Gasteiger partial charge in [0.25, 0.3) is 0 Å². The number of anilines is 3. The zero-order chi connectivity index (χ0) is 12.5. The predicted octanol–water partition coefficient (Wildman–Crippen LogP) is 3.56. The Bertz CT molecular complexity index is 563. The van der Waals surface area contributed by atoms with Crippen LogP contribution in [0.2, 0.25) is 0 Å². The number of hydrogen-bond donors (Lipinski definition) is 1. The fourth-order valence-corrected chi connectivity index (χ4v) is 2.34. The lowest BCUT2D eigenvalue weighted by Gasteiger charge is -2.13. The van der Waals surface area contributed by atoms with E-state index >= 15 is 0 Å². The molecule has 0 aromatic heterocycles. The van der Waals surface area contributed by atoms with Gasteiger partial charge in [-0.15, -0.1) is 0 Å². The van der Waals surface area contributed by atoms with Crippen LogP contribution in [0.4, 0.5) is 21.5 Å². The number of halogens is 1. The van der Waals surface area contributed by atoms with E-state index in [4.69, 9.17) is 0 Å². The highest BCUT2D eigenvalue weighted by atomic mass is 19.1. The molecular weight excluding hydrogens is 227 g/mol. The number of rotatable bonds is 2. The van der Waals surface area contributed by atoms with Gasteiger partial charge >= 0.3 is 0 Å². The summed E-state index contributed by atoms with van der Waals surface area (Å²) in [7, 11) is 2.11. The number of fused-ring (bicyclic) bond motifs is 1. The van der Waals surface area contributed by atoms with Crippen LogP contribution in [0.3, 0.4) is 0 Å². The molecule has 0 radical (unpaired) electrons. The number of hydrogen-bond acceptors (Lipinski definition) is 2. The first-order valence-corrected chi connectivity index (χ1v) is 6.09. The number of benzene rings is 2. The van der Waals surface area contributed by atoms with Crippen LogP contribution in [0.25, 0.3) is 0 Å². The Labute approximate surface area is 106 Å². The molecule has 92 valence electrons. The zero-order valence-corrected chi connectivity index (χ0v) is 10.3. The molecule has 0 unspecified atom stereocenters. The SMILES string of the molecule is CN1CCc2cc(Nc3ccc(F)cc3)ccc21. The molecule has 2 aromatic carbocycles. The second-order valence-corrected chi connectivity index (χ2v) is 4.65. The third-order valence-electron chi connectivity index (χ3n) is 3.34. The molecule has 0 saturated heterocycles. The molecule has 1 aliphatic heterocycles. The van der Waals surface area contributed by atoms with Crippen molar-refractivity contribution >= 4 is 17.1 Å². The number of nitrogens with one attached hydrogen (secondary N) is 1. The Morgan fingerprint density at radius 1 is 1.06 bits per heavy atom. The van der Waals surface area contributed by atoms with Crippen molar-refractivity contribution in [2.45, 2.75) is 6.42 Å². The van der Waals surface area contributed by atoms with E-state index in [9.17, 15) is 4.39 Å². The maximum absolute atomic E-state index is 12.8. The van der Waals surface area contributed by atoms with E-state index in [0.717, 1.165) is 24.3 Å². The molecule has 0 amide bonds. The number of likely N-dealkylation sites (N-methyl/N-ethyl adjacent to an activating group) is 1. The lowest BCUT2D eigenvalue weighted by atomic mass is 10.1. The Morgan fingerprint density at radius 3 is 2.56 bits per heavy atom. The molecule has 0 spiro atoms. The molecule has 3 heteroatoms. The van der Waals surface area contributed by atoms with Gasteiger partial charge in [-0.2, -0.15) is 0 Å². The third-order valence-corrected chi connectivity index (χ3v) is 3.34. The lowest BCUT2D eigenvalue weighted by molar-refractivity contribution is 0.628. The van der Waals surface area contributed by atoms with Crippen molar-refractivity contribution in [3.63, 3.8) is 0 Å². The Balaban J connectivity index is 1.84. The quantitative estimate of drug-likeness (QED) is 0.866. The molecule has 0 atom stereocenters. The molecule has 1 N–H and O–H groups in total. The fourth-order valence-electron chi connectivity index (χ4n) is 2.34. The van der Waals surface area contributed by atoms with Gasteiger partial charge in [0, 0.05) is 30.7 Å². The number of nitrogens with zero attached hydrogens (tertiary/aromatic N) is 1. The van der Waals surface area contributed by atoms with Crippen LogP contribution >= 0.6 is 0 Å². The standard InChI is InChI=1S/C15H15FN2/c1-18-9-8-11-10-14(6-7-15(11)18)17-13-4-2-12(16)3-5-13/h2-7,10,17H,8-9H2,1H3. The average molecular weight is 242 g/mol. The van der Waals surface area contributed by atoms with Gasteiger partial charge in [0.15, 0.2) is 0 Å². The monoisotopic (exact) mass is 242 g/mol. The predicted molar refractivity (Wildman–Crippen MR) is 73.1 cm³/mol. The van der Waals surface area contributed by atoms with E-state index < -0.39 is 0 Å². The molecule has 1 aliphatic rings. The summed E-state index contributed by atoms with van der Waals surface area (Å²) in [5.41, 5.74) is 4.63. The van der Waals surface area contributed by atoms with Crippen LogP contribution in [-0.2, 0) is 6.42 Å². The molecule has 18 heavy (non-hydrogen) atoms. The average Bonchev–Trinajstić information content (AvgIpc) is 2.74. The van der Waals surface area contributed by atoms with Gasteiger partial charge in [0.2, 0.25) is 0 Å². The van der Waals surface area contributed by atoms with Crippen molar-refractivity contribution in [1.29, 1.82) is 0 Å². The summed E-state index contributed by atoms with van der Waals surface area (Å²) in [6.45, 7) is 1.08. The van der Waals surface area contributed by atoms with Crippen LogP contribution in [0, 0.1) is 5.82 Å². The van der Waals surface area contributed by atoms with Gasteiger partial charge < -0.3 is 10.2 Å². The highest BCUT2D eigenvalue weighted by molar-refractivity contribution is 5.67. The normalized spacial score (nSPS) is 13.6. The second kappa shape index (κ2) is 4.33. The second-order valence-electron chi connectivity index (χ2n) is 4.65. The minimum absolute atomic E-state index is 0.212. The van der Waals surface area contributed by atoms with Crippen LogP contribution < -0.4 is 10.2 Å². The minimum Gasteiger partial charge on any atom is -0.374 e. The highest BCUT2D eigenvalue weighted by Crippen LogP contribution is 2.30. The molecule has 2 aromatic rings. The topological polar surface area (TPSA) is 15.3 Å². The third kappa shape index (κ3) is 2.04. The van der Waals surface area contributed by atoms with Crippen LogP contribution in [0.5, 0.6) is 0 Å². The van der Waals surface area contributed by atoms with E-state index in [1.807, 2.05) is 0 Å². The van der Waals surface area contributed by atoms with Crippen molar-refractivity contribution in [3.8, 4) is 0 Å². The van der Waals surface area contributed by atoms with Gasteiger partial charge in [0.1, 0.15) is 5.82 Å². The van der Waals surface area contributed by atoms with Crippen molar-refractivity contribution in [2.75, 3.05) is 23.8 Å². The fraction of sp³-hybridized carbons (Fsp3) is 0.200. The zero-order valence-electron chi connectivity index (χ0n) is 10.3. The first-order chi connectivity index (χ1) is 8.72. The van der Waals surface area contributed by atoms with Gasteiger partial charge in [-0.3, -0.25) is 0 Å². The lowest BCUT2D eigenvalue weighted by Crippen LogP contribution is -2.12. The molecule has 0 saturated carbocycles. The minimum atomic E-state index is -0.212. The summed E-state index contributed by atoms with van der Waals surface area (Å²) in [5, 5.41) is 3.29. The molecule has 1 heterocycles. The largest absolute Gasteiger partial charge is 0.374 e. The molecule has 0 fully saturated rings. The Hall–Kier alpha value is -2.03. The van der Waals surface area contributed by atoms with Gasteiger partial charge in [-0.25, -0.2) is 4.39 Å². The highest BCUT2D eigenvalue weighted by Gasteiger charge is 2.15. The molecule has 0 aliphatic carbocycles. The first kappa shape index (κ1) is 11.1. The van der Waals surface area contributed by atoms with Crippen molar-refractivity contribution in [1.82, 2.24) is 0 Å². The summed E-state index contributed by atoms with van der Waals surface area (Å²) in [6, 6.07) is 12.8. The first-order valence-electron chi connectivity index (χ1n) is 6.09. The summed E-state index contributed by atoms with van der Waals surface area (Å²) in [5.74, 6) is -0.212. The van der Waals surface area contributed by atoms with Crippen molar-refractivity contribution in [3.05, 3.63) is 53.8 Å². The smallest absolute Gasteiger partial charge is 0.123 e. The van der Waals surface area contributed by atoms with Gasteiger partial charge in [-0.05, 0) is 54.4 Å². The van der Waals surface area contributed by atoms with E-state index in [1.54, 1.807) is 12.1 Å². The molecule has 2 nitrogen and oxygen atoms in total. The summed E-state index contributed by atoms with van der Waals surface area (Å²) >= 11 is 0. The molecule has 3 rings (SSSR count). The van der Waals surface area contributed by atoms with E-state index in [2.05, 4.69) is 35.5 Å². The van der Waals surface area contributed by atoms with Crippen LogP contribution in [0.1, 0.15) is 5.56 Å². The van der Waals surface area contributed by atoms with Crippen LogP contribution in [0.15, 0.2) is 42.5 Å². The van der Waals surface area contributed by atoms with Gasteiger partial charge in [0.05, 0.1) is 0 Å². The molecule has 0 bridgehead atoms. The Kier molecular flexibility index (Phi) is 2.67. The van der Waals surface area contributed by atoms with E-state index in [0.29, 0.717) is 0 Å². The van der Waals surface area contributed by atoms with Crippen molar-refractivity contribution < 1.29 is 4.39 Å². The van der Waals surface area contributed by atoms with E-state index in [-0.39, 0.29) is 5.82 Å². The Morgan fingerprint density at radius 2 is 1.78 bits per heavy atom. The summed E-state index contributed by atoms with van der Waals surface area (Å²) < 4.78 is 12.8. The van der Waals surface area contributed by atoms with Crippen molar-refractivity contribution in [2.24, 2.45) is 0 Å². The van der Waals surface area contributed by atoms with E-state index in [1.165, 1.54) is 23.4 Å². The van der Waals surface area contributed by atoms with Crippen LogP contribution in [-0.4, -0.2) is 13.6 Å². The maximum Gasteiger partial charge on any atom is 0.123 e. The van der Waals surface area contributed by atoms with Gasteiger partial charge in [-0.1, -0.05) is 0 Å².